The monoisotopic (exact) mass is 360 g/mol. The third-order valence-electron chi connectivity index (χ3n) is 2.90. The highest BCUT2D eigenvalue weighted by Gasteiger charge is 2.13. The zero-order valence-corrected chi connectivity index (χ0v) is 14.8. The highest BCUT2D eigenvalue weighted by atomic mass is 79.9. The average Bonchev–Trinajstić information content (AvgIpc) is 2.72. The maximum atomic E-state index is 6.30. The third kappa shape index (κ3) is 3.81. The fourth-order valence-corrected chi connectivity index (χ4v) is 3.08. The molecule has 104 valence electrons. The van der Waals surface area contributed by atoms with Crippen molar-refractivity contribution >= 4 is 46.6 Å². The van der Waals surface area contributed by atoms with Gasteiger partial charge in [0.15, 0.2) is 0 Å². The van der Waals surface area contributed by atoms with E-state index in [1.807, 2.05) is 16.7 Å². The number of nitrogens with zero attached hydrogens (tertiary/aromatic N) is 2. The smallest absolute Gasteiger partial charge is 0.124 e. The van der Waals surface area contributed by atoms with Crippen LogP contribution >= 0.6 is 27.5 Å². The van der Waals surface area contributed by atoms with Crippen LogP contribution in [0, 0.1) is 0 Å². The molecule has 19 heavy (non-hydrogen) atoms. The lowest BCUT2D eigenvalue weighted by Crippen LogP contribution is -2.21. The van der Waals surface area contributed by atoms with Crippen molar-refractivity contribution < 1.29 is 4.74 Å². The zero-order valence-electron chi connectivity index (χ0n) is 11.4. The minimum absolute atomic E-state index is 0.497. The lowest BCUT2D eigenvalue weighted by atomic mass is 10.3. The number of ether oxygens (including phenoxy) is 1. The SMILES string of the molecule is C[Si](C)(C)CCOCn1cnc2ccc(Br)c(Cl)c21. The maximum Gasteiger partial charge on any atom is 0.124 e. The van der Waals surface area contributed by atoms with E-state index in [4.69, 9.17) is 16.3 Å². The largest absolute Gasteiger partial charge is 0.361 e. The molecule has 3 nitrogen and oxygen atoms in total. The summed E-state index contributed by atoms with van der Waals surface area (Å²) in [6, 6.07) is 5.02. The quantitative estimate of drug-likeness (QED) is 0.567. The second-order valence-corrected chi connectivity index (χ2v) is 12.6. The first-order chi connectivity index (χ1) is 8.88. The molecule has 0 aliphatic rings. The molecule has 1 aromatic heterocycles. The first-order valence-corrected chi connectivity index (χ1v) is 11.1. The van der Waals surface area contributed by atoms with Crippen molar-refractivity contribution in [3.05, 3.63) is 28.0 Å². The van der Waals surface area contributed by atoms with E-state index in [1.165, 1.54) is 0 Å². The van der Waals surface area contributed by atoms with E-state index in [0.717, 1.165) is 28.2 Å². The van der Waals surface area contributed by atoms with E-state index in [-0.39, 0.29) is 0 Å². The van der Waals surface area contributed by atoms with Crippen molar-refractivity contribution in [3.8, 4) is 0 Å². The van der Waals surface area contributed by atoms with Gasteiger partial charge < -0.3 is 9.30 Å². The van der Waals surface area contributed by atoms with Gasteiger partial charge in [-0.1, -0.05) is 31.2 Å². The molecular weight excluding hydrogens is 344 g/mol. The van der Waals surface area contributed by atoms with Gasteiger partial charge in [0, 0.05) is 19.2 Å². The number of hydrogen-bond donors (Lipinski definition) is 0. The molecule has 1 heterocycles. The van der Waals surface area contributed by atoms with Crippen LogP contribution in [0.25, 0.3) is 11.0 Å². The number of imidazole rings is 1. The molecule has 6 heteroatoms. The molecule has 0 saturated carbocycles. The topological polar surface area (TPSA) is 27.1 Å². The third-order valence-corrected chi connectivity index (χ3v) is 5.87. The van der Waals surface area contributed by atoms with Gasteiger partial charge in [0.05, 0.1) is 22.4 Å². The zero-order chi connectivity index (χ0) is 14.0. The summed E-state index contributed by atoms with van der Waals surface area (Å²) in [6.07, 6.45) is 1.78. The number of aromatic nitrogens is 2. The number of halogens is 2. The number of fused-ring (bicyclic) bond motifs is 1. The van der Waals surface area contributed by atoms with Crippen molar-refractivity contribution in [2.75, 3.05) is 6.61 Å². The van der Waals surface area contributed by atoms with Crippen molar-refractivity contribution in [2.24, 2.45) is 0 Å². The summed E-state index contributed by atoms with van der Waals surface area (Å²) in [5.41, 5.74) is 1.81. The van der Waals surface area contributed by atoms with Gasteiger partial charge in [-0.15, -0.1) is 0 Å². The Balaban J connectivity index is 2.07. The maximum absolute atomic E-state index is 6.30. The molecule has 0 aliphatic heterocycles. The van der Waals surface area contributed by atoms with Crippen LogP contribution in [-0.4, -0.2) is 24.2 Å². The Labute approximate surface area is 128 Å². The van der Waals surface area contributed by atoms with E-state index in [0.29, 0.717) is 11.8 Å². The highest BCUT2D eigenvalue weighted by Crippen LogP contribution is 2.30. The normalized spacial score (nSPS) is 12.3. The van der Waals surface area contributed by atoms with Gasteiger partial charge >= 0.3 is 0 Å². The summed E-state index contributed by atoms with van der Waals surface area (Å²) in [5, 5.41) is 0.684. The van der Waals surface area contributed by atoms with Gasteiger partial charge in [-0.25, -0.2) is 4.98 Å². The van der Waals surface area contributed by atoms with Crippen LogP contribution in [0.1, 0.15) is 0 Å². The molecule has 2 rings (SSSR count). The highest BCUT2D eigenvalue weighted by molar-refractivity contribution is 9.10. The molecule has 0 atom stereocenters. The van der Waals surface area contributed by atoms with E-state index >= 15 is 0 Å². The summed E-state index contributed by atoms with van der Waals surface area (Å²) in [5.74, 6) is 0. The Hall–Kier alpha value is -0.363. The lowest BCUT2D eigenvalue weighted by Gasteiger charge is -2.15. The van der Waals surface area contributed by atoms with Crippen LogP contribution < -0.4 is 0 Å². The molecule has 0 amide bonds. The van der Waals surface area contributed by atoms with Gasteiger partial charge in [-0.05, 0) is 34.1 Å². The molecule has 0 saturated heterocycles. The Kier molecular flexibility index (Phi) is 4.71. The van der Waals surface area contributed by atoms with Crippen molar-refractivity contribution in [1.29, 1.82) is 0 Å². The number of rotatable bonds is 5. The second kappa shape index (κ2) is 5.95. The molecule has 0 bridgehead atoms. The summed E-state index contributed by atoms with van der Waals surface area (Å²) in [7, 11) is -1.04. The standard InChI is InChI=1S/C13H18BrClN2OSi/c1-19(2,3)7-6-18-9-17-8-16-11-5-4-10(14)12(15)13(11)17/h4-5,8H,6-7,9H2,1-3H3. The van der Waals surface area contributed by atoms with Crippen LogP contribution in [0.4, 0.5) is 0 Å². The molecule has 1 aromatic carbocycles. The van der Waals surface area contributed by atoms with Gasteiger partial charge in [0.25, 0.3) is 0 Å². The molecule has 0 fully saturated rings. The Bertz CT molecular complexity index is 580. The fourth-order valence-electron chi connectivity index (χ4n) is 1.74. The van der Waals surface area contributed by atoms with Crippen molar-refractivity contribution in [3.63, 3.8) is 0 Å². The minimum atomic E-state index is -1.04. The lowest BCUT2D eigenvalue weighted by molar-refractivity contribution is 0.0898. The van der Waals surface area contributed by atoms with Gasteiger partial charge in [-0.3, -0.25) is 0 Å². The first kappa shape index (κ1) is 15.0. The van der Waals surface area contributed by atoms with Gasteiger partial charge in [0.2, 0.25) is 0 Å². The predicted octanol–water partition coefficient (Wildman–Crippen LogP) is 4.76. The van der Waals surface area contributed by atoms with Crippen LogP contribution in [0.5, 0.6) is 0 Å². The van der Waals surface area contributed by atoms with Gasteiger partial charge in [0.1, 0.15) is 6.73 Å². The van der Waals surface area contributed by atoms with Crippen LogP contribution in [0.3, 0.4) is 0 Å². The Morgan fingerprint density at radius 1 is 1.37 bits per heavy atom. The molecule has 2 aromatic rings. The first-order valence-electron chi connectivity index (χ1n) is 6.25. The predicted molar refractivity (Wildman–Crippen MR) is 86.5 cm³/mol. The van der Waals surface area contributed by atoms with Crippen LogP contribution in [0.2, 0.25) is 30.7 Å². The number of hydrogen-bond acceptors (Lipinski definition) is 2. The molecule has 0 N–H and O–H groups in total. The van der Waals surface area contributed by atoms with E-state index in [2.05, 4.69) is 40.6 Å². The second-order valence-electron chi connectivity index (χ2n) is 5.79. The molecular formula is C13H18BrClN2OSi. The van der Waals surface area contributed by atoms with E-state index in [1.54, 1.807) is 6.33 Å². The summed E-state index contributed by atoms with van der Waals surface area (Å²) < 4.78 is 8.57. The molecule has 0 unspecified atom stereocenters. The molecule has 0 aliphatic carbocycles. The minimum Gasteiger partial charge on any atom is -0.361 e. The van der Waals surface area contributed by atoms with E-state index in [9.17, 15) is 0 Å². The van der Waals surface area contributed by atoms with Crippen LogP contribution in [-0.2, 0) is 11.5 Å². The fraction of sp³-hybridized carbons (Fsp3) is 0.462. The summed E-state index contributed by atoms with van der Waals surface area (Å²) in [6.45, 7) is 8.32. The van der Waals surface area contributed by atoms with Crippen molar-refractivity contribution in [1.82, 2.24) is 9.55 Å². The van der Waals surface area contributed by atoms with Crippen molar-refractivity contribution in [2.45, 2.75) is 32.4 Å². The van der Waals surface area contributed by atoms with E-state index < -0.39 is 8.07 Å². The average molecular weight is 362 g/mol. The van der Waals surface area contributed by atoms with Crippen LogP contribution in [0.15, 0.2) is 22.9 Å². The molecule has 0 radical (unpaired) electrons. The molecule has 0 spiro atoms. The summed E-state index contributed by atoms with van der Waals surface area (Å²) >= 11 is 9.74. The number of benzene rings is 1. The van der Waals surface area contributed by atoms with Gasteiger partial charge in [-0.2, -0.15) is 0 Å². The Morgan fingerprint density at radius 3 is 2.79 bits per heavy atom. The summed E-state index contributed by atoms with van der Waals surface area (Å²) in [4.78, 5) is 4.33. The Morgan fingerprint density at radius 2 is 2.11 bits per heavy atom.